The fraction of sp³-hybridized carbons (Fsp3) is 0.143. The summed E-state index contributed by atoms with van der Waals surface area (Å²) >= 11 is 0. The number of hydrogen-bond donors (Lipinski definition) is 0. The zero-order valence-electron chi connectivity index (χ0n) is 8.51. The van der Waals surface area contributed by atoms with Crippen molar-refractivity contribution in [2.45, 2.75) is 0 Å². The molecule has 0 aliphatic rings. The van der Waals surface area contributed by atoms with E-state index in [1.807, 2.05) is 0 Å². The normalized spacial score (nSPS) is 10.6. The topological polar surface area (TPSA) is 39.2 Å². The molecule has 0 amide bonds. The minimum Gasteiger partial charge on any atom is -0.465 e. The number of carbonyl (C=O) groups is 1. The van der Waals surface area contributed by atoms with Gasteiger partial charge in [-0.2, -0.15) is 4.39 Å². The molecule has 0 atom stereocenters. The first-order valence-electron chi connectivity index (χ1n) is 3.80. The quantitative estimate of drug-likeness (QED) is 0.269. The van der Waals surface area contributed by atoms with Crippen LogP contribution in [-0.4, -0.2) is 25.0 Å². The minimum atomic E-state index is -5.31. The van der Waals surface area contributed by atoms with Crippen LogP contribution < -0.4 is 56.8 Å². The van der Waals surface area contributed by atoms with Crippen LogP contribution in [0.1, 0.15) is 10.4 Å². The van der Waals surface area contributed by atoms with Gasteiger partial charge in [-0.3, -0.25) is 0 Å². The van der Waals surface area contributed by atoms with E-state index in [4.69, 9.17) is 0 Å². The Morgan fingerprint density at radius 3 is 2.44 bits per heavy atom. The molecule has 0 saturated heterocycles. The molecule has 82 valence electrons. The molecule has 9 heteroatoms. The van der Waals surface area contributed by atoms with E-state index in [0.717, 1.165) is 7.11 Å². The molecule has 0 unspecified atom stereocenters. The molecule has 16 heavy (non-hydrogen) atoms. The van der Waals surface area contributed by atoms with Gasteiger partial charge >= 0.3 is 64.3 Å². The van der Waals surface area contributed by atoms with Crippen LogP contribution in [0.25, 0.3) is 0 Å². The predicted molar refractivity (Wildman–Crippen MR) is 44.2 cm³/mol. The second-order valence-electron chi connectivity index (χ2n) is 2.67. The number of rotatable bonds is 2. The molecule has 0 aliphatic heterocycles. The molecule has 0 radical (unpaired) electrons. The second kappa shape index (κ2) is 6.10. The Hall–Kier alpha value is 0.0413. The summed E-state index contributed by atoms with van der Waals surface area (Å²) in [4.78, 5) is 13.7. The van der Waals surface area contributed by atoms with Crippen LogP contribution in [-0.2, 0) is 4.74 Å². The van der Waals surface area contributed by atoms with Crippen molar-refractivity contribution >= 4 is 18.4 Å². The molecule has 0 aromatic carbocycles. The van der Waals surface area contributed by atoms with Gasteiger partial charge in [-0.05, 0) is 0 Å². The molecule has 1 rings (SSSR count). The Morgan fingerprint density at radius 2 is 2.00 bits per heavy atom. The van der Waals surface area contributed by atoms with E-state index in [9.17, 15) is 22.1 Å². The second-order valence-corrected chi connectivity index (χ2v) is 2.67. The largest absolute Gasteiger partial charge is 1.00 e. The molecule has 0 spiro atoms. The number of pyridine rings is 1. The van der Waals surface area contributed by atoms with Crippen molar-refractivity contribution in [1.29, 1.82) is 0 Å². The number of carbonyl (C=O) groups excluding carboxylic acids is 1. The van der Waals surface area contributed by atoms with Crippen LogP contribution in [0.2, 0.25) is 0 Å². The SMILES string of the molecule is COC(=O)c1cc([B-](F)(F)F)cnc1F.[K+]. The Bertz CT molecular complexity index is 398. The number of hydrogen-bond acceptors (Lipinski definition) is 3. The Morgan fingerprint density at radius 1 is 1.44 bits per heavy atom. The summed E-state index contributed by atoms with van der Waals surface area (Å²) in [6, 6.07) is 0.383. The van der Waals surface area contributed by atoms with Gasteiger partial charge in [0.1, 0.15) is 5.56 Å². The molecule has 0 N–H and O–H groups in total. The monoisotopic (exact) mass is 261 g/mol. The summed E-state index contributed by atoms with van der Waals surface area (Å²) in [6.07, 6.45) is 0.335. The fourth-order valence-electron chi connectivity index (χ4n) is 0.896. The molecule has 0 aliphatic carbocycles. The van der Waals surface area contributed by atoms with Crippen molar-refractivity contribution in [3.8, 4) is 0 Å². The molecule has 0 saturated carbocycles. The number of methoxy groups -OCH3 is 1. The zero-order valence-corrected chi connectivity index (χ0v) is 11.6. The first kappa shape index (κ1) is 16.0. The summed E-state index contributed by atoms with van der Waals surface area (Å²) in [5, 5.41) is 0. The summed E-state index contributed by atoms with van der Waals surface area (Å²) in [5.41, 5.74) is -1.97. The number of esters is 1. The van der Waals surface area contributed by atoms with Crippen LogP contribution in [0.15, 0.2) is 12.3 Å². The fourth-order valence-corrected chi connectivity index (χ4v) is 0.896. The van der Waals surface area contributed by atoms with Gasteiger partial charge in [-0.25, -0.2) is 9.78 Å². The first-order valence-corrected chi connectivity index (χ1v) is 3.80. The molecule has 0 bridgehead atoms. The maximum atomic E-state index is 12.8. The Kier molecular flexibility index (Phi) is 6.12. The predicted octanol–water partition coefficient (Wildman–Crippen LogP) is -1.93. The zero-order chi connectivity index (χ0) is 11.6. The first-order chi connectivity index (χ1) is 6.86. The molecule has 0 fully saturated rings. The van der Waals surface area contributed by atoms with Crippen LogP contribution in [0.5, 0.6) is 0 Å². The third kappa shape index (κ3) is 3.81. The van der Waals surface area contributed by atoms with E-state index < -0.39 is 29.9 Å². The van der Waals surface area contributed by atoms with Gasteiger partial charge in [0, 0.05) is 6.20 Å². The van der Waals surface area contributed by atoms with E-state index >= 15 is 0 Å². The van der Waals surface area contributed by atoms with Crippen LogP contribution >= 0.6 is 0 Å². The maximum absolute atomic E-state index is 12.8. The molecule has 1 heterocycles. The van der Waals surface area contributed by atoms with E-state index in [1.165, 1.54) is 0 Å². The summed E-state index contributed by atoms with van der Waals surface area (Å²) in [5.74, 6) is -2.48. The van der Waals surface area contributed by atoms with Gasteiger partial charge < -0.3 is 17.7 Å². The van der Waals surface area contributed by atoms with Gasteiger partial charge in [-0.15, -0.1) is 0 Å². The summed E-state index contributed by atoms with van der Waals surface area (Å²) in [6.45, 7) is -5.31. The van der Waals surface area contributed by atoms with Gasteiger partial charge in [0.15, 0.2) is 0 Å². The Balaban J connectivity index is 0.00000225. The van der Waals surface area contributed by atoms with Gasteiger partial charge in [0.2, 0.25) is 5.95 Å². The average Bonchev–Trinajstić information content (AvgIpc) is 2.15. The summed E-state index contributed by atoms with van der Waals surface area (Å²) in [7, 11) is 0.938. The van der Waals surface area contributed by atoms with Crippen molar-refractivity contribution in [3.05, 3.63) is 23.8 Å². The number of halogens is 4. The van der Waals surface area contributed by atoms with Gasteiger partial charge in [0.25, 0.3) is 0 Å². The standard InChI is InChI=1S/C7H5BF4NO2.K/c1-15-7(14)5-2-4(8(10,11)12)3-13-6(5)9;/h2-3H,1H3;/q-1;+1. The third-order valence-corrected chi connectivity index (χ3v) is 1.64. The number of nitrogens with zero attached hydrogens (tertiary/aromatic N) is 1. The van der Waals surface area contributed by atoms with Gasteiger partial charge in [0.05, 0.1) is 7.11 Å². The maximum Gasteiger partial charge on any atom is 1.00 e. The van der Waals surface area contributed by atoms with Crippen LogP contribution in [0, 0.1) is 5.95 Å². The van der Waals surface area contributed by atoms with Crippen molar-refractivity contribution in [1.82, 2.24) is 4.98 Å². The van der Waals surface area contributed by atoms with Crippen molar-refractivity contribution in [2.24, 2.45) is 0 Å². The van der Waals surface area contributed by atoms with Crippen LogP contribution in [0.4, 0.5) is 17.3 Å². The molecule has 1 aromatic heterocycles. The van der Waals surface area contributed by atoms with Crippen LogP contribution in [0.3, 0.4) is 0 Å². The minimum absolute atomic E-state index is 0. The van der Waals surface area contributed by atoms with E-state index in [1.54, 1.807) is 0 Å². The summed E-state index contributed by atoms with van der Waals surface area (Å²) < 4.78 is 53.6. The molecular formula is C7H5BF4KNO2. The van der Waals surface area contributed by atoms with E-state index in [0.29, 0.717) is 12.3 Å². The number of ether oxygens (including phenoxy) is 1. The Labute approximate surface area is 131 Å². The number of aromatic nitrogens is 1. The van der Waals surface area contributed by atoms with E-state index in [-0.39, 0.29) is 51.4 Å². The molecular weight excluding hydrogens is 256 g/mol. The van der Waals surface area contributed by atoms with Crippen molar-refractivity contribution < 1.29 is 78.3 Å². The molecule has 3 nitrogen and oxygen atoms in total. The van der Waals surface area contributed by atoms with Crippen molar-refractivity contribution in [2.75, 3.05) is 7.11 Å². The third-order valence-electron chi connectivity index (χ3n) is 1.64. The van der Waals surface area contributed by atoms with Gasteiger partial charge in [-0.1, -0.05) is 11.5 Å². The average molecular weight is 261 g/mol. The van der Waals surface area contributed by atoms with E-state index in [2.05, 4.69) is 9.72 Å². The van der Waals surface area contributed by atoms with Crippen molar-refractivity contribution in [3.63, 3.8) is 0 Å². The smallest absolute Gasteiger partial charge is 0.465 e. The molecule has 1 aromatic rings.